The van der Waals surface area contributed by atoms with Crippen molar-refractivity contribution in [2.24, 2.45) is 0 Å². The van der Waals surface area contributed by atoms with Gasteiger partial charge in [-0.2, -0.15) is 0 Å². The summed E-state index contributed by atoms with van der Waals surface area (Å²) in [4.78, 5) is 46.6. The minimum atomic E-state index is -0.239. The van der Waals surface area contributed by atoms with Gasteiger partial charge in [0.2, 0.25) is 5.91 Å². The van der Waals surface area contributed by atoms with Gasteiger partial charge in [0.05, 0.1) is 35.2 Å². The largest absolute Gasteiger partial charge is 0.349 e. The van der Waals surface area contributed by atoms with Crippen molar-refractivity contribution in [3.05, 3.63) is 70.3 Å². The summed E-state index contributed by atoms with van der Waals surface area (Å²) in [5, 5.41) is 6.32. The zero-order chi connectivity index (χ0) is 21.8. The van der Waals surface area contributed by atoms with Crippen LogP contribution in [0.3, 0.4) is 0 Å². The molecule has 1 aliphatic carbocycles. The first-order valence-corrected chi connectivity index (χ1v) is 10.4. The smallest absolute Gasteiger partial charge is 0.258 e. The number of hydrogen-bond acceptors (Lipinski definition) is 5. The maximum Gasteiger partial charge on any atom is 0.258 e. The van der Waals surface area contributed by atoms with Gasteiger partial charge in [0, 0.05) is 6.04 Å². The van der Waals surface area contributed by atoms with Crippen molar-refractivity contribution in [2.75, 3.05) is 18.4 Å². The van der Waals surface area contributed by atoms with E-state index in [2.05, 4.69) is 20.6 Å². The fourth-order valence-corrected chi connectivity index (χ4v) is 3.37. The maximum absolute atomic E-state index is 12.7. The van der Waals surface area contributed by atoms with Gasteiger partial charge in [-0.25, -0.2) is 4.98 Å². The average molecular weight is 419 g/mol. The first-order valence-electron chi connectivity index (χ1n) is 10.4. The van der Waals surface area contributed by atoms with Crippen LogP contribution in [0.15, 0.2) is 53.3 Å². The van der Waals surface area contributed by atoms with Crippen LogP contribution in [0, 0.1) is 0 Å². The van der Waals surface area contributed by atoms with Crippen molar-refractivity contribution >= 4 is 28.4 Å². The van der Waals surface area contributed by atoms with E-state index in [4.69, 9.17) is 0 Å². The Balaban J connectivity index is 1.43. The van der Waals surface area contributed by atoms with Crippen molar-refractivity contribution in [3.63, 3.8) is 0 Å². The van der Waals surface area contributed by atoms with E-state index >= 15 is 0 Å². The van der Waals surface area contributed by atoms with Crippen LogP contribution in [0.1, 0.15) is 35.9 Å². The molecule has 0 radical (unpaired) electrons. The number of fused-ring (bicyclic) bond motifs is 1. The first kappa shape index (κ1) is 20.7. The highest BCUT2D eigenvalue weighted by atomic mass is 16.2. The molecule has 1 aliphatic rings. The number of anilines is 1. The summed E-state index contributed by atoms with van der Waals surface area (Å²) in [5.41, 5.74) is 1.36. The van der Waals surface area contributed by atoms with Crippen LogP contribution in [-0.2, 0) is 11.3 Å². The van der Waals surface area contributed by atoms with Gasteiger partial charge in [-0.05, 0) is 43.7 Å². The van der Waals surface area contributed by atoms with Crippen LogP contribution in [0.25, 0.3) is 10.9 Å². The number of aromatic amines is 1. The second kappa shape index (κ2) is 9.09. The van der Waals surface area contributed by atoms with Crippen molar-refractivity contribution < 1.29 is 9.59 Å². The lowest BCUT2D eigenvalue weighted by Gasteiger charge is -2.20. The van der Waals surface area contributed by atoms with Crippen LogP contribution < -0.4 is 16.2 Å². The molecule has 3 N–H and O–H groups in total. The summed E-state index contributed by atoms with van der Waals surface area (Å²) in [6, 6.07) is 14.4. The molecule has 8 nitrogen and oxygen atoms in total. The lowest BCUT2D eigenvalue weighted by molar-refractivity contribution is -0.117. The van der Waals surface area contributed by atoms with E-state index in [9.17, 15) is 14.4 Å². The van der Waals surface area contributed by atoms with E-state index in [0.717, 1.165) is 12.8 Å². The number of amides is 2. The summed E-state index contributed by atoms with van der Waals surface area (Å²) in [6.45, 7) is 2.96. The molecular weight excluding hydrogens is 394 g/mol. The Morgan fingerprint density at radius 1 is 1.13 bits per heavy atom. The molecule has 0 unspecified atom stereocenters. The molecule has 1 heterocycles. The van der Waals surface area contributed by atoms with Crippen molar-refractivity contribution in [1.82, 2.24) is 20.2 Å². The van der Waals surface area contributed by atoms with Crippen LogP contribution in [-0.4, -0.2) is 45.8 Å². The highest BCUT2D eigenvalue weighted by Crippen LogP contribution is 2.21. The van der Waals surface area contributed by atoms with Crippen LogP contribution >= 0.6 is 0 Å². The minimum Gasteiger partial charge on any atom is -0.349 e. The number of rotatable bonds is 8. The summed E-state index contributed by atoms with van der Waals surface area (Å²) in [6.07, 6.45) is 1.99. The molecular formula is C23H25N5O3. The number of aromatic nitrogens is 2. The van der Waals surface area contributed by atoms with Crippen molar-refractivity contribution in [2.45, 2.75) is 32.4 Å². The molecule has 0 bridgehead atoms. The average Bonchev–Trinajstić information content (AvgIpc) is 3.57. The molecule has 0 spiro atoms. The zero-order valence-electron chi connectivity index (χ0n) is 17.4. The predicted octanol–water partition coefficient (Wildman–Crippen LogP) is 2.28. The third kappa shape index (κ3) is 5.16. The van der Waals surface area contributed by atoms with Crippen molar-refractivity contribution in [1.29, 1.82) is 0 Å². The Labute approximate surface area is 179 Å². The molecule has 2 aromatic carbocycles. The number of H-pyrrole nitrogens is 1. The minimum absolute atomic E-state index is 0.103. The number of hydrogen-bond donors (Lipinski definition) is 3. The molecule has 1 aromatic heterocycles. The van der Waals surface area contributed by atoms with Gasteiger partial charge in [-0.15, -0.1) is 0 Å². The van der Waals surface area contributed by atoms with Gasteiger partial charge in [0.25, 0.3) is 11.5 Å². The molecule has 160 valence electrons. The monoisotopic (exact) mass is 419 g/mol. The van der Waals surface area contributed by atoms with Gasteiger partial charge >= 0.3 is 0 Å². The van der Waals surface area contributed by atoms with Gasteiger partial charge < -0.3 is 15.6 Å². The van der Waals surface area contributed by atoms with Crippen molar-refractivity contribution in [3.8, 4) is 0 Å². The summed E-state index contributed by atoms with van der Waals surface area (Å²) < 4.78 is 0. The second-order valence-corrected chi connectivity index (χ2v) is 7.67. The van der Waals surface area contributed by atoms with E-state index in [1.165, 1.54) is 0 Å². The van der Waals surface area contributed by atoms with E-state index in [1.807, 2.05) is 17.9 Å². The SMILES string of the molecule is CCN(CC(=O)Nc1ccccc1C(=O)NC1CC1)Cc1nc2ccccc2c(=O)[nH]1. The van der Waals surface area contributed by atoms with Gasteiger partial charge in [0.1, 0.15) is 5.82 Å². The Morgan fingerprint density at radius 2 is 1.87 bits per heavy atom. The molecule has 0 saturated heterocycles. The summed E-state index contributed by atoms with van der Waals surface area (Å²) >= 11 is 0. The van der Waals surface area contributed by atoms with E-state index < -0.39 is 0 Å². The molecule has 0 atom stereocenters. The molecule has 1 fully saturated rings. The Morgan fingerprint density at radius 3 is 2.65 bits per heavy atom. The molecule has 1 saturated carbocycles. The number of likely N-dealkylation sites (N-methyl/N-ethyl adjacent to an activating group) is 1. The number of nitrogens with zero attached hydrogens (tertiary/aromatic N) is 2. The number of carbonyl (C=O) groups is 2. The Kier molecular flexibility index (Phi) is 6.08. The van der Waals surface area contributed by atoms with Crippen LogP contribution in [0.5, 0.6) is 0 Å². The third-order valence-corrected chi connectivity index (χ3v) is 5.21. The van der Waals surface area contributed by atoms with E-state index in [-0.39, 0.29) is 30.0 Å². The maximum atomic E-state index is 12.7. The van der Waals surface area contributed by atoms with Gasteiger partial charge in [-0.3, -0.25) is 19.3 Å². The number of para-hydroxylation sites is 2. The first-order chi connectivity index (χ1) is 15.0. The Bertz CT molecular complexity index is 1170. The quantitative estimate of drug-likeness (QED) is 0.519. The highest BCUT2D eigenvalue weighted by molar-refractivity contribution is 6.04. The van der Waals surface area contributed by atoms with Crippen LogP contribution in [0.2, 0.25) is 0 Å². The number of nitrogens with one attached hydrogen (secondary N) is 3. The molecule has 4 rings (SSSR count). The fourth-order valence-electron chi connectivity index (χ4n) is 3.37. The molecule has 2 amide bonds. The van der Waals surface area contributed by atoms with Gasteiger partial charge in [0.15, 0.2) is 0 Å². The molecule has 0 aliphatic heterocycles. The summed E-state index contributed by atoms with van der Waals surface area (Å²) in [5.74, 6) is 0.0860. The van der Waals surface area contributed by atoms with E-state index in [0.29, 0.717) is 41.1 Å². The zero-order valence-corrected chi connectivity index (χ0v) is 17.4. The summed E-state index contributed by atoms with van der Waals surface area (Å²) in [7, 11) is 0. The lowest BCUT2D eigenvalue weighted by atomic mass is 10.1. The Hall–Kier alpha value is -3.52. The second-order valence-electron chi connectivity index (χ2n) is 7.67. The van der Waals surface area contributed by atoms with E-state index in [1.54, 1.807) is 42.5 Å². The normalized spacial score (nSPS) is 13.4. The fraction of sp³-hybridized carbons (Fsp3) is 0.304. The highest BCUT2D eigenvalue weighted by Gasteiger charge is 2.25. The molecule has 31 heavy (non-hydrogen) atoms. The number of carbonyl (C=O) groups excluding carboxylic acids is 2. The standard InChI is InChI=1S/C23H25N5O3/c1-2-28(13-20-25-18-9-5-3-7-16(18)23(31)27-20)14-21(29)26-19-10-6-4-8-17(19)22(30)24-15-11-12-15/h3-10,15H,2,11-14H2,1H3,(H,24,30)(H,26,29)(H,25,27,31). The topological polar surface area (TPSA) is 107 Å². The lowest BCUT2D eigenvalue weighted by Crippen LogP contribution is -2.34. The molecule has 8 heteroatoms. The predicted molar refractivity (Wildman–Crippen MR) is 119 cm³/mol. The third-order valence-electron chi connectivity index (χ3n) is 5.21. The molecule has 3 aromatic rings. The van der Waals surface area contributed by atoms with Gasteiger partial charge in [-0.1, -0.05) is 31.2 Å². The number of benzene rings is 2. The van der Waals surface area contributed by atoms with Crippen LogP contribution in [0.4, 0.5) is 5.69 Å².